The van der Waals surface area contributed by atoms with Crippen molar-refractivity contribution >= 4 is 5.82 Å². The highest BCUT2D eigenvalue weighted by atomic mass is 19.1. The molecule has 0 saturated heterocycles. The van der Waals surface area contributed by atoms with Crippen molar-refractivity contribution in [2.45, 2.75) is 26.7 Å². The highest BCUT2D eigenvalue weighted by Gasteiger charge is 2.09. The molecular formula is C15H18FN3. The van der Waals surface area contributed by atoms with Crippen LogP contribution >= 0.6 is 0 Å². The monoisotopic (exact) mass is 259 g/mol. The highest BCUT2D eigenvalue weighted by molar-refractivity contribution is 5.62. The van der Waals surface area contributed by atoms with Gasteiger partial charge in [0, 0.05) is 24.1 Å². The number of hydrogen-bond acceptors (Lipinski definition) is 3. The van der Waals surface area contributed by atoms with E-state index in [1.54, 1.807) is 12.1 Å². The van der Waals surface area contributed by atoms with Crippen LogP contribution in [0.2, 0.25) is 0 Å². The third-order valence-corrected chi connectivity index (χ3v) is 2.76. The van der Waals surface area contributed by atoms with Crippen molar-refractivity contribution in [3.8, 4) is 11.3 Å². The summed E-state index contributed by atoms with van der Waals surface area (Å²) in [5.74, 6) is 1.60. The zero-order chi connectivity index (χ0) is 13.8. The fourth-order valence-corrected chi connectivity index (χ4v) is 1.76. The Labute approximate surface area is 112 Å². The van der Waals surface area contributed by atoms with Crippen LogP contribution in [-0.4, -0.2) is 16.5 Å². The average Bonchev–Trinajstić information content (AvgIpc) is 2.39. The topological polar surface area (TPSA) is 37.8 Å². The van der Waals surface area contributed by atoms with Gasteiger partial charge < -0.3 is 5.32 Å². The number of anilines is 1. The number of aromatic nitrogens is 2. The fourth-order valence-electron chi connectivity index (χ4n) is 1.76. The van der Waals surface area contributed by atoms with Crippen LogP contribution in [0.3, 0.4) is 0 Å². The molecule has 1 aromatic carbocycles. The maximum atomic E-state index is 13.0. The Morgan fingerprint density at radius 2 is 1.84 bits per heavy atom. The lowest BCUT2D eigenvalue weighted by Gasteiger charge is -2.11. The minimum atomic E-state index is -0.242. The van der Waals surface area contributed by atoms with Crippen molar-refractivity contribution in [2.75, 3.05) is 11.9 Å². The average molecular weight is 259 g/mol. The first-order valence-corrected chi connectivity index (χ1v) is 6.49. The molecule has 4 heteroatoms. The van der Waals surface area contributed by atoms with Gasteiger partial charge in [-0.1, -0.05) is 13.8 Å². The van der Waals surface area contributed by atoms with Gasteiger partial charge in [-0.15, -0.1) is 0 Å². The Kier molecular flexibility index (Phi) is 4.10. The summed E-state index contributed by atoms with van der Waals surface area (Å²) in [5, 5.41) is 3.20. The van der Waals surface area contributed by atoms with Gasteiger partial charge in [0.1, 0.15) is 17.5 Å². The van der Waals surface area contributed by atoms with E-state index in [9.17, 15) is 4.39 Å². The van der Waals surface area contributed by atoms with Crippen LogP contribution in [0.1, 0.15) is 32.5 Å². The maximum Gasteiger partial charge on any atom is 0.133 e. The van der Waals surface area contributed by atoms with Crippen LogP contribution in [0.5, 0.6) is 0 Å². The minimum absolute atomic E-state index is 0.242. The molecule has 0 radical (unpaired) electrons. The second-order valence-electron chi connectivity index (χ2n) is 4.69. The molecule has 19 heavy (non-hydrogen) atoms. The van der Waals surface area contributed by atoms with E-state index in [0.717, 1.165) is 29.4 Å². The van der Waals surface area contributed by atoms with Gasteiger partial charge in [0.25, 0.3) is 0 Å². The molecule has 0 atom stereocenters. The molecule has 0 amide bonds. The van der Waals surface area contributed by atoms with Gasteiger partial charge in [0.15, 0.2) is 0 Å². The lowest BCUT2D eigenvalue weighted by atomic mass is 10.1. The summed E-state index contributed by atoms with van der Waals surface area (Å²) < 4.78 is 13.0. The number of hydrogen-bond donors (Lipinski definition) is 1. The molecule has 1 aromatic heterocycles. The molecule has 0 saturated carbocycles. The van der Waals surface area contributed by atoms with Crippen LogP contribution in [-0.2, 0) is 0 Å². The molecule has 0 aliphatic carbocycles. The van der Waals surface area contributed by atoms with Crippen LogP contribution < -0.4 is 5.32 Å². The summed E-state index contributed by atoms with van der Waals surface area (Å²) in [6, 6.07) is 8.25. The smallest absolute Gasteiger partial charge is 0.133 e. The van der Waals surface area contributed by atoms with Crippen molar-refractivity contribution < 1.29 is 4.39 Å². The van der Waals surface area contributed by atoms with Crippen molar-refractivity contribution in [3.63, 3.8) is 0 Å². The van der Waals surface area contributed by atoms with Gasteiger partial charge in [-0.2, -0.15) is 0 Å². The van der Waals surface area contributed by atoms with E-state index in [-0.39, 0.29) is 11.7 Å². The van der Waals surface area contributed by atoms with Gasteiger partial charge >= 0.3 is 0 Å². The van der Waals surface area contributed by atoms with Crippen molar-refractivity contribution in [1.82, 2.24) is 9.97 Å². The highest BCUT2D eigenvalue weighted by Crippen LogP contribution is 2.22. The molecule has 0 spiro atoms. The third-order valence-electron chi connectivity index (χ3n) is 2.76. The Balaban J connectivity index is 2.46. The number of rotatable bonds is 4. The summed E-state index contributed by atoms with van der Waals surface area (Å²) in [4.78, 5) is 9.01. The molecule has 2 rings (SSSR count). The molecule has 0 unspecified atom stereocenters. The molecule has 0 aliphatic heterocycles. The fraction of sp³-hybridized carbons (Fsp3) is 0.333. The van der Waals surface area contributed by atoms with Crippen LogP contribution in [0.15, 0.2) is 30.3 Å². The van der Waals surface area contributed by atoms with E-state index < -0.39 is 0 Å². The summed E-state index contributed by atoms with van der Waals surface area (Å²) >= 11 is 0. The molecule has 0 aliphatic rings. The zero-order valence-corrected chi connectivity index (χ0v) is 11.4. The second-order valence-corrected chi connectivity index (χ2v) is 4.69. The Morgan fingerprint density at radius 3 is 2.42 bits per heavy atom. The van der Waals surface area contributed by atoms with Gasteiger partial charge in [-0.05, 0) is 31.2 Å². The predicted molar refractivity (Wildman–Crippen MR) is 75.7 cm³/mol. The quantitative estimate of drug-likeness (QED) is 0.906. The summed E-state index contributed by atoms with van der Waals surface area (Å²) in [6.45, 7) is 6.94. The van der Waals surface area contributed by atoms with E-state index in [1.807, 2.05) is 13.0 Å². The first-order chi connectivity index (χ1) is 9.10. The van der Waals surface area contributed by atoms with E-state index in [2.05, 4.69) is 29.1 Å². The first-order valence-electron chi connectivity index (χ1n) is 6.49. The molecule has 0 bridgehead atoms. The standard InChI is InChI=1S/C15H18FN3/c1-4-17-14-9-13(18-15(19-14)10(2)3)11-5-7-12(16)8-6-11/h5-10H,4H2,1-3H3,(H,17,18,19). The van der Waals surface area contributed by atoms with Crippen molar-refractivity contribution in [2.24, 2.45) is 0 Å². The second kappa shape index (κ2) is 5.78. The molecule has 100 valence electrons. The summed E-state index contributed by atoms with van der Waals surface area (Å²) in [7, 11) is 0. The molecule has 1 N–H and O–H groups in total. The van der Waals surface area contributed by atoms with Crippen LogP contribution in [0, 0.1) is 5.82 Å². The zero-order valence-electron chi connectivity index (χ0n) is 11.4. The normalized spacial score (nSPS) is 10.8. The summed E-state index contributed by atoms with van der Waals surface area (Å²) in [6.07, 6.45) is 0. The number of halogens is 1. The van der Waals surface area contributed by atoms with E-state index in [0.29, 0.717) is 0 Å². The lowest BCUT2D eigenvalue weighted by molar-refractivity contribution is 0.628. The Bertz CT molecular complexity index is 550. The third kappa shape index (κ3) is 3.28. The van der Waals surface area contributed by atoms with Crippen LogP contribution in [0.4, 0.5) is 10.2 Å². The summed E-state index contributed by atoms with van der Waals surface area (Å²) in [5.41, 5.74) is 1.71. The molecule has 3 nitrogen and oxygen atoms in total. The molecule has 0 fully saturated rings. The minimum Gasteiger partial charge on any atom is -0.370 e. The number of benzene rings is 1. The van der Waals surface area contributed by atoms with E-state index >= 15 is 0 Å². The molecular weight excluding hydrogens is 241 g/mol. The first kappa shape index (κ1) is 13.5. The van der Waals surface area contributed by atoms with Gasteiger partial charge in [0.05, 0.1) is 5.69 Å². The predicted octanol–water partition coefficient (Wildman–Crippen LogP) is 3.84. The van der Waals surface area contributed by atoms with E-state index in [1.165, 1.54) is 12.1 Å². The number of nitrogens with zero attached hydrogens (tertiary/aromatic N) is 2. The Hall–Kier alpha value is -1.97. The largest absolute Gasteiger partial charge is 0.370 e. The van der Waals surface area contributed by atoms with E-state index in [4.69, 9.17) is 0 Å². The SMILES string of the molecule is CCNc1cc(-c2ccc(F)cc2)nc(C(C)C)n1. The maximum absolute atomic E-state index is 13.0. The van der Waals surface area contributed by atoms with Crippen molar-refractivity contribution in [3.05, 3.63) is 42.0 Å². The molecule has 2 aromatic rings. The Morgan fingerprint density at radius 1 is 1.16 bits per heavy atom. The van der Waals surface area contributed by atoms with Crippen LogP contribution in [0.25, 0.3) is 11.3 Å². The molecule has 1 heterocycles. The lowest BCUT2D eigenvalue weighted by Crippen LogP contribution is -2.05. The van der Waals surface area contributed by atoms with Crippen molar-refractivity contribution in [1.29, 1.82) is 0 Å². The van der Waals surface area contributed by atoms with Gasteiger partial charge in [-0.25, -0.2) is 14.4 Å². The van der Waals surface area contributed by atoms with Gasteiger partial charge in [-0.3, -0.25) is 0 Å². The van der Waals surface area contributed by atoms with Gasteiger partial charge in [0.2, 0.25) is 0 Å². The number of nitrogens with one attached hydrogen (secondary N) is 1.